The molecule has 1 fully saturated rings. The van der Waals surface area contributed by atoms with Crippen LogP contribution < -0.4 is 9.47 Å². The average molecular weight is 308 g/mol. The van der Waals surface area contributed by atoms with Crippen molar-refractivity contribution in [2.45, 2.75) is 33.0 Å². The minimum atomic E-state index is -0.331. The van der Waals surface area contributed by atoms with Crippen LogP contribution in [0.1, 0.15) is 32.4 Å². The van der Waals surface area contributed by atoms with E-state index in [4.69, 9.17) is 18.9 Å². The fourth-order valence-electron chi connectivity index (χ4n) is 1.93. The van der Waals surface area contributed by atoms with Crippen LogP contribution in [0.25, 0.3) is 0 Å². The third-order valence-electron chi connectivity index (χ3n) is 3.23. The standard InChI is InChI=1S/C16H20O6/c1-9(2)16(18)22-12-6-5-11(7-13(12)19-4)15-14(21-15)8-20-10(3)17/h5-7,9,14-15H,8H2,1-4H3/t14-,15-/m0/s1. The van der Waals surface area contributed by atoms with Crippen molar-refractivity contribution in [2.24, 2.45) is 5.92 Å². The topological polar surface area (TPSA) is 74.4 Å². The fraction of sp³-hybridized carbons (Fsp3) is 0.500. The number of epoxide rings is 1. The summed E-state index contributed by atoms with van der Waals surface area (Å²) in [4.78, 5) is 22.4. The maximum Gasteiger partial charge on any atom is 0.313 e. The Hall–Kier alpha value is -2.08. The van der Waals surface area contributed by atoms with Gasteiger partial charge in [-0.15, -0.1) is 0 Å². The van der Waals surface area contributed by atoms with Crippen LogP contribution in [-0.2, 0) is 19.1 Å². The molecule has 22 heavy (non-hydrogen) atoms. The van der Waals surface area contributed by atoms with Crippen molar-refractivity contribution in [2.75, 3.05) is 13.7 Å². The summed E-state index contributed by atoms with van der Waals surface area (Å²) in [7, 11) is 1.51. The number of carbonyl (C=O) groups is 2. The molecular weight excluding hydrogens is 288 g/mol. The van der Waals surface area contributed by atoms with Crippen LogP contribution in [0.3, 0.4) is 0 Å². The molecule has 0 amide bonds. The van der Waals surface area contributed by atoms with E-state index in [1.165, 1.54) is 14.0 Å². The zero-order valence-electron chi connectivity index (χ0n) is 13.1. The third kappa shape index (κ3) is 3.98. The highest BCUT2D eigenvalue weighted by Gasteiger charge is 2.41. The van der Waals surface area contributed by atoms with E-state index in [0.29, 0.717) is 11.5 Å². The lowest BCUT2D eigenvalue weighted by Gasteiger charge is -2.11. The molecule has 1 saturated heterocycles. The average Bonchev–Trinajstić information content (AvgIpc) is 3.25. The van der Waals surface area contributed by atoms with Gasteiger partial charge in [0.25, 0.3) is 0 Å². The molecule has 2 atom stereocenters. The molecule has 0 N–H and O–H groups in total. The summed E-state index contributed by atoms with van der Waals surface area (Å²) in [5, 5.41) is 0. The highest BCUT2D eigenvalue weighted by molar-refractivity contribution is 5.75. The maximum atomic E-state index is 11.7. The van der Waals surface area contributed by atoms with E-state index in [1.807, 2.05) is 6.07 Å². The molecule has 6 nitrogen and oxygen atoms in total. The zero-order valence-corrected chi connectivity index (χ0v) is 13.1. The summed E-state index contributed by atoms with van der Waals surface area (Å²) in [6.07, 6.45) is -0.277. The Morgan fingerprint density at radius 2 is 2.00 bits per heavy atom. The van der Waals surface area contributed by atoms with Gasteiger partial charge in [-0.25, -0.2) is 0 Å². The van der Waals surface area contributed by atoms with E-state index in [9.17, 15) is 9.59 Å². The second kappa shape index (κ2) is 6.79. The number of methoxy groups -OCH3 is 1. The number of hydrogen-bond acceptors (Lipinski definition) is 6. The summed E-state index contributed by atoms with van der Waals surface area (Å²) < 4.78 is 20.9. The number of rotatable bonds is 6. The first-order valence-electron chi connectivity index (χ1n) is 7.10. The molecule has 0 spiro atoms. The largest absolute Gasteiger partial charge is 0.493 e. The molecule has 0 aliphatic carbocycles. The molecule has 1 heterocycles. The van der Waals surface area contributed by atoms with Gasteiger partial charge in [0.15, 0.2) is 11.5 Å². The summed E-state index contributed by atoms with van der Waals surface area (Å²) in [5.74, 6) is -0.0242. The van der Waals surface area contributed by atoms with Gasteiger partial charge in [0, 0.05) is 6.92 Å². The number of carbonyl (C=O) groups excluding carboxylic acids is 2. The molecule has 0 saturated carbocycles. The lowest BCUT2D eigenvalue weighted by atomic mass is 10.1. The minimum absolute atomic E-state index is 0.136. The van der Waals surface area contributed by atoms with E-state index in [0.717, 1.165) is 5.56 Å². The van der Waals surface area contributed by atoms with Gasteiger partial charge in [-0.3, -0.25) is 9.59 Å². The van der Waals surface area contributed by atoms with Gasteiger partial charge in [-0.2, -0.15) is 0 Å². The van der Waals surface area contributed by atoms with Gasteiger partial charge in [-0.05, 0) is 17.7 Å². The predicted octanol–water partition coefficient (Wildman–Crippen LogP) is 2.26. The Labute approximate surface area is 129 Å². The van der Waals surface area contributed by atoms with E-state index in [2.05, 4.69) is 0 Å². The van der Waals surface area contributed by atoms with Gasteiger partial charge in [0.1, 0.15) is 18.8 Å². The normalized spacial score (nSPS) is 19.7. The van der Waals surface area contributed by atoms with Crippen molar-refractivity contribution < 1.29 is 28.5 Å². The van der Waals surface area contributed by atoms with Crippen molar-refractivity contribution in [1.29, 1.82) is 0 Å². The van der Waals surface area contributed by atoms with Crippen molar-refractivity contribution in [3.05, 3.63) is 23.8 Å². The summed E-state index contributed by atoms with van der Waals surface area (Å²) in [6, 6.07) is 5.25. The van der Waals surface area contributed by atoms with Crippen LogP contribution in [0, 0.1) is 5.92 Å². The van der Waals surface area contributed by atoms with E-state index in [-0.39, 0.29) is 36.7 Å². The van der Waals surface area contributed by atoms with Gasteiger partial charge in [0.05, 0.1) is 13.0 Å². The minimum Gasteiger partial charge on any atom is -0.493 e. The van der Waals surface area contributed by atoms with Gasteiger partial charge in [0.2, 0.25) is 0 Å². The first kappa shape index (κ1) is 16.3. The Morgan fingerprint density at radius 1 is 1.27 bits per heavy atom. The lowest BCUT2D eigenvalue weighted by molar-refractivity contribution is -0.141. The molecule has 6 heteroatoms. The van der Waals surface area contributed by atoms with E-state index in [1.54, 1.807) is 26.0 Å². The quantitative estimate of drug-likeness (QED) is 0.456. The summed E-state index contributed by atoms with van der Waals surface area (Å²) in [5.41, 5.74) is 0.887. The molecular formula is C16H20O6. The first-order chi connectivity index (χ1) is 10.4. The third-order valence-corrected chi connectivity index (χ3v) is 3.23. The number of hydrogen-bond donors (Lipinski definition) is 0. The molecule has 1 aliphatic heterocycles. The Bertz CT molecular complexity index is 566. The second-order valence-electron chi connectivity index (χ2n) is 5.38. The maximum absolute atomic E-state index is 11.7. The SMILES string of the molecule is COc1cc([C@@H]2O[C@H]2COC(C)=O)ccc1OC(=O)C(C)C. The monoisotopic (exact) mass is 308 g/mol. The Balaban J connectivity index is 2.04. The fourth-order valence-corrected chi connectivity index (χ4v) is 1.93. The molecule has 120 valence electrons. The lowest BCUT2D eigenvalue weighted by Crippen LogP contribution is -2.15. The van der Waals surface area contributed by atoms with Crippen molar-refractivity contribution in [3.8, 4) is 11.5 Å². The number of esters is 2. The number of ether oxygens (including phenoxy) is 4. The van der Waals surface area contributed by atoms with E-state index < -0.39 is 0 Å². The smallest absolute Gasteiger partial charge is 0.313 e. The molecule has 1 aliphatic rings. The number of benzene rings is 1. The molecule has 0 radical (unpaired) electrons. The summed E-state index contributed by atoms with van der Waals surface area (Å²) in [6.45, 7) is 5.12. The van der Waals surface area contributed by atoms with Gasteiger partial charge >= 0.3 is 11.9 Å². The van der Waals surface area contributed by atoms with Crippen LogP contribution in [0.4, 0.5) is 0 Å². The van der Waals surface area contributed by atoms with Crippen LogP contribution in [-0.4, -0.2) is 31.8 Å². The van der Waals surface area contributed by atoms with Crippen LogP contribution in [0.15, 0.2) is 18.2 Å². The first-order valence-corrected chi connectivity index (χ1v) is 7.10. The van der Waals surface area contributed by atoms with Crippen LogP contribution in [0.2, 0.25) is 0 Å². The molecule has 1 aromatic carbocycles. The second-order valence-corrected chi connectivity index (χ2v) is 5.38. The van der Waals surface area contributed by atoms with Crippen molar-refractivity contribution in [3.63, 3.8) is 0 Å². The molecule has 2 rings (SSSR count). The zero-order chi connectivity index (χ0) is 16.3. The summed E-state index contributed by atoms with van der Waals surface area (Å²) >= 11 is 0. The van der Waals surface area contributed by atoms with Crippen molar-refractivity contribution in [1.82, 2.24) is 0 Å². The highest BCUT2D eigenvalue weighted by atomic mass is 16.6. The highest BCUT2D eigenvalue weighted by Crippen LogP contribution is 2.42. The van der Waals surface area contributed by atoms with Crippen molar-refractivity contribution >= 4 is 11.9 Å². The molecule has 0 bridgehead atoms. The van der Waals surface area contributed by atoms with Crippen LogP contribution in [0.5, 0.6) is 11.5 Å². The predicted molar refractivity (Wildman–Crippen MR) is 77.7 cm³/mol. The molecule has 1 aromatic rings. The van der Waals surface area contributed by atoms with Gasteiger partial charge in [-0.1, -0.05) is 19.9 Å². The Kier molecular flexibility index (Phi) is 5.03. The molecule has 0 unspecified atom stereocenters. The van der Waals surface area contributed by atoms with E-state index >= 15 is 0 Å². The Morgan fingerprint density at radius 3 is 2.59 bits per heavy atom. The molecule has 0 aromatic heterocycles. The van der Waals surface area contributed by atoms with Crippen LogP contribution >= 0.6 is 0 Å². The van der Waals surface area contributed by atoms with Gasteiger partial charge < -0.3 is 18.9 Å².